The number of esters is 1. The standard InChI is InChI=1S/C20H32N6O4S/c1-5-14-16(17(27)30-6-2)15(22-18(28)21-14)12-31-20-24-23-19(26(20)11-13(3)4)25-7-9-29-10-8-25/h13-14H,5-12H2,1-4H3,(H2,21,22,28). The zero-order chi connectivity index (χ0) is 22.4. The molecule has 1 fully saturated rings. The Labute approximate surface area is 187 Å². The van der Waals surface area contributed by atoms with Gasteiger partial charge in [0, 0.05) is 31.1 Å². The minimum Gasteiger partial charge on any atom is -0.463 e. The smallest absolute Gasteiger partial charge is 0.337 e. The molecule has 2 amide bonds. The molecule has 31 heavy (non-hydrogen) atoms. The number of carbonyl (C=O) groups excluding carboxylic acids is 2. The van der Waals surface area contributed by atoms with Crippen molar-refractivity contribution in [1.82, 2.24) is 25.4 Å². The fraction of sp³-hybridized carbons (Fsp3) is 0.700. The molecule has 1 saturated heterocycles. The van der Waals surface area contributed by atoms with Crippen LogP contribution in [0.25, 0.3) is 0 Å². The summed E-state index contributed by atoms with van der Waals surface area (Å²) in [5, 5.41) is 15.2. The molecule has 11 heteroatoms. The van der Waals surface area contributed by atoms with E-state index < -0.39 is 5.97 Å². The van der Waals surface area contributed by atoms with Crippen LogP contribution in [0, 0.1) is 5.92 Å². The van der Waals surface area contributed by atoms with E-state index in [-0.39, 0.29) is 18.7 Å². The van der Waals surface area contributed by atoms with Gasteiger partial charge < -0.3 is 25.0 Å². The molecule has 3 rings (SSSR count). The number of carbonyl (C=O) groups is 2. The molecule has 0 radical (unpaired) electrons. The predicted octanol–water partition coefficient (Wildman–Crippen LogP) is 1.77. The van der Waals surface area contributed by atoms with Gasteiger partial charge in [0.25, 0.3) is 0 Å². The number of morpholine rings is 1. The molecule has 1 aromatic rings. The molecule has 172 valence electrons. The fourth-order valence-electron chi connectivity index (χ4n) is 3.62. The minimum absolute atomic E-state index is 0.277. The number of anilines is 1. The lowest BCUT2D eigenvalue weighted by atomic mass is 10.0. The van der Waals surface area contributed by atoms with Gasteiger partial charge in [0.15, 0.2) is 5.16 Å². The van der Waals surface area contributed by atoms with Crippen LogP contribution >= 0.6 is 11.8 Å². The van der Waals surface area contributed by atoms with Gasteiger partial charge in [-0.2, -0.15) is 0 Å². The molecule has 1 aromatic heterocycles. The van der Waals surface area contributed by atoms with Crippen LogP contribution in [0.2, 0.25) is 0 Å². The number of aromatic nitrogens is 3. The molecule has 1 unspecified atom stereocenters. The Morgan fingerprint density at radius 1 is 1.29 bits per heavy atom. The molecule has 10 nitrogen and oxygen atoms in total. The number of hydrogen-bond donors (Lipinski definition) is 2. The number of amides is 2. The zero-order valence-electron chi connectivity index (χ0n) is 18.6. The molecule has 0 spiro atoms. The molecule has 1 atom stereocenters. The number of hydrogen-bond acceptors (Lipinski definition) is 8. The van der Waals surface area contributed by atoms with Gasteiger partial charge in [-0.05, 0) is 19.3 Å². The van der Waals surface area contributed by atoms with E-state index in [1.54, 1.807) is 6.92 Å². The highest BCUT2D eigenvalue weighted by Gasteiger charge is 2.32. The van der Waals surface area contributed by atoms with Gasteiger partial charge in [-0.1, -0.05) is 32.5 Å². The number of ether oxygens (including phenoxy) is 2. The van der Waals surface area contributed by atoms with Gasteiger partial charge in [-0.25, -0.2) is 9.59 Å². The molecule has 2 aliphatic rings. The SMILES string of the molecule is CCOC(=O)C1=C(CSc2nnc(N3CCOCC3)n2CC(C)C)NC(=O)NC1CC. The van der Waals surface area contributed by atoms with Crippen molar-refractivity contribution in [3.05, 3.63) is 11.3 Å². The first-order chi connectivity index (χ1) is 14.9. The largest absolute Gasteiger partial charge is 0.463 e. The summed E-state index contributed by atoms with van der Waals surface area (Å²) < 4.78 is 12.8. The zero-order valence-corrected chi connectivity index (χ0v) is 19.5. The molecular weight excluding hydrogens is 420 g/mol. The summed E-state index contributed by atoms with van der Waals surface area (Å²) in [4.78, 5) is 26.9. The second-order valence-electron chi connectivity index (χ2n) is 7.85. The van der Waals surface area contributed by atoms with E-state index in [0.717, 1.165) is 30.7 Å². The number of rotatable bonds is 9. The fourth-order valence-corrected chi connectivity index (χ4v) is 4.53. The first kappa shape index (κ1) is 23.4. The second-order valence-corrected chi connectivity index (χ2v) is 8.79. The van der Waals surface area contributed by atoms with E-state index >= 15 is 0 Å². The summed E-state index contributed by atoms with van der Waals surface area (Å²) in [5.74, 6) is 1.22. The predicted molar refractivity (Wildman–Crippen MR) is 118 cm³/mol. The van der Waals surface area contributed by atoms with E-state index in [1.165, 1.54) is 11.8 Å². The number of urea groups is 1. The van der Waals surface area contributed by atoms with Crippen LogP contribution in [0.1, 0.15) is 34.1 Å². The van der Waals surface area contributed by atoms with E-state index in [9.17, 15) is 9.59 Å². The van der Waals surface area contributed by atoms with Crippen LogP contribution in [-0.2, 0) is 20.8 Å². The quantitative estimate of drug-likeness (QED) is 0.431. The third-order valence-electron chi connectivity index (χ3n) is 5.03. The minimum atomic E-state index is -0.407. The van der Waals surface area contributed by atoms with Gasteiger partial charge in [-0.15, -0.1) is 10.2 Å². The van der Waals surface area contributed by atoms with E-state index in [0.29, 0.717) is 42.6 Å². The van der Waals surface area contributed by atoms with Crippen molar-refractivity contribution in [3.8, 4) is 0 Å². The Morgan fingerprint density at radius 2 is 2.03 bits per heavy atom. The summed E-state index contributed by atoms with van der Waals surface area (Å²) in [6.07, 6.45) is 0.598. The summed E-state index contributed by atoms with van der Waals surface area (Å²) in [5.41, 5.74) is 1.03. The Kier molecular flexibility index (Phi) is 8.19. The molecule has 0 aromatic carbocycles. The maximum atomic E-state index is 12.6. The second kappa shape index (κ2) is 10.9. The average molecular weight is 453 g/mol. The van der Waals surface area contributed by atoms with Crippen LogP contribution in [0.15, 0.2) is 16.4 Å². The third kappa shape index (κ3) is 5.70. The van der Waals surface area contributed by atoms with Gasteiger partial charge in [0.05, 0.1) is 31.4 Å². The van der Waals surface area contributed by atoms with Crippen LogP contribution in [0.5, 0.6) is 0 Å². The molecular formula is C20H32N6O4S. The molecule has 0 bridgehead atoms. The van der Waals surface area contributed by atoms with Gasteiger partial charge in [0.2, 0.25) is 5.95 Å². The first-order valence-electron chi connectivity index (χ1n) is 10.8. The Hall–Kier alpha value is -2.27. The van der Waals surface area contributed by atoms with Crippen molar-refractivity contribution in [1.29, 1.82) is 0 Å². The summed E-state index contributed by atoms with van der Waals surface area (Å²) in [6, 6.07) is -0.686. The lowest BCUT2D eigenvalue weighted by Crippen LogP contribution is -2.50. The third-order valence-corrected chi connectivity index (χ3v) is 6.02. The van der Waals surface area contributed by atoms with Crippen molar-refractivity contribution in [3.63, 3.8) is 0 Å². The molecule has 0 aliphatic carbocycles. The Balaban J connectivity index is 1.85. The van der Waals surface area contributed by atoms with E-state index in [1.807, 2.05) is 6.92 Å². The first-order valence-corrected chi connectivity index (χ1v) is 11.8. The van der Waals surface area contributed by atoms with Crippen molar-refractivity contribution in [2.75, 3.05) is 43.6 Å². The number of nitrogens with one attached hydrogen (secondary N) is 2. The van der Waals surface area contributed by atoms with Crippen molar-refractivity contribution in [2.24, 2.45) is 5.92 Å². The van der Waals surface area contributed by atoms with Crippen LogP contribution in [0.3, 0.4) is 0 Å². The lowest BCUT2D eigenvalue weighted by molar-refractivity contribution is -0.139. The van der Waals surface area contributed by atoms with Crippen LogP contribution < -0.4 is 15.5 Å². The van der Waals surface area contributed by atoms with Crippen molar-refractivity contribution < 1.29 is 19.1 Å². The maximum Gasteiger partial charge on any atom is 0.337 e. The highest BCUT2D eigenvalue weighted by Crippen LogP contribution is 2.27. The molecule has 0 saturated carbocycles. The topological polar surface area (TPSA) is 111 Å². The maximum absolute atomic E-state index is 12.6. The summed E-state index contributed by atoms with van der Waals surface area (Å²) in [7, 11) is 0. The van der Waals surface area contributed by atoms with E-state index in [2.05, 4.69) is 44.1 Å². The number of nitrogens with zero attached hydrogens (tertiary/aromatic N) is 4. The highest BCUT2D eigenvalue weighted by atomic mass is 32.2. The van der Waals surface area contributed by atoms with Crippen molar-refractivity contribution >= 4 is 29.7 Å². The highest BCUT2D eigenvalue weighted by molar-refractivity contribution is 7.99. The molecule has 3 heterocycles. The molecule has 2 aliphatic heterocycles. The molecule has 2 N–H and O–H groups in total. The van der Waals surface area contributed by atoms with Gasteiger partial charge in [0.1, 0.15) is 0 Å². The average Bonchev–Trinajstić information content (AvgIpc) is 3.14. The van der Waals surface area contributed by atoms with Gasteiger partial charge in [-0.3, -0.25) is 4.57 Å². The summed E-state index contributed by atoms with van der Waals surface area (Å²) in [6.45, 7) is 11.9. The van der Waals surface area contributed by atoms with Gasteiger partial charge >= 0.3 is 12.0 Å². The number of thioether (sulfide) groups is 1. The Bertz CT molecular complexity index is 819. The summed E-state index contributed by atoms with van der Waals surface area (Å²) >= 11 is 1.46. The lowest BCUT2D eigenvalue weighted by Gasteiger charge is -2.29. The monoisotopic (exact) mass is 452 g/mol. The van der Waals surface area contributed by atoms with Crippen LogP contribution in [0.4, 0.5) is 10.7 Å². The van der Waals surface area contributed by atoms with Crippen LogP contribution in [-0.4, -0.2) is 71.5 Å². The Morgan fingerprint density at radius 3 is 2.68 bits per heavy atom. The normalized spacial score (nSPS) is 19.5. The van der Waals surface area contributed by atoms with Crippen molar-refractivity contribution in [2.45, 2.75) is 51.9 Å². The van der Waals surface area contributed by atoms with E-state index in [4.69, 9.17) is 9.47 Å².